The minimum absolute atomic E-state index is 0.0469. The van der Waals surface area contributed by atoms with Crippen LogP contribution in [0, 0.1) is 0 Å². The minimum Gasteiger partial charge on any atom is -0.382 e. The molecule has 0 heterocycles. The number of rotatable bonds is 5. The van der Waals surface area contributed by atoms with Crippen molar-refractivity contribution in [1.29, 1.82) is 0 Å². The zero-order valence-electron chi connectivity index (χ0n) is 8.16. The Bertz CT molecular complexity index is 259. The van der Waals surface area contributed by atoms with E-state index < -0.39 is 0 Å². The SMILES string of the molecule is COC(CN)CNc1ccc(Cl)cc1. The topological polar surface area (TPSA) is 47.3 Å². The maximum atomic E-state index is 5.76. The van der Waals surface area contributed by atoms with Gasteiger partial charge in [-0.05, 0) is 24.3 Å². The molecule has 0 aliphatic heterocycles. The number of nitrogens with two attached hydrogens (primary N) is 1. The molecule has 0 spiro atoms. The Morgan fingerprint density at radius 3 is 2.57 bits per heavy atom. The van der Waals surface area contributed by atoms with Crippen LogP contribution in [-0.4, -0.2) is 26.3 Å². The summed E-state index contributed by atoms with van der Waals surface area (Å²) in [5.74, 6) is 0. The van der Waals surface area contributed by atoms with Gasteiger partial charge in [-0.3, -0.25) is 0 Å². The highest BCUT2D eigenvalue weighted by Gasteiger charge is 2.03. The van der Waals surface area contributed by atoms with Crippen molar-refractivity contribution >= 4 is 17.3 Å². The Balaban J connectivity index is 2.41. The molecule has 1 aromatic rings. The smallest absolute Gasteiger partial charge is 0.0865 e. The van der Waals surface area contributed by atoms with E-state index in [9.17, 15) is 0 Å². The highest BCUT2D eigenvalue weighted by atomic mass is 35.5. The normalized spacial score (nSPS) is 12.5. The van der Waals surface area contributed by atoms with Crippen molar-refractivity contribution in [3.63, 3.8) is 0 Å². The fourth-order valence-corrected chi connectivity index (χ4v) is 1.19. The van der Waals surface area contributed by atoms with Gasteiger partial charge in [0.1, 0.15) is 0 Å². The Morgan fingerprint density at radius 2 is 2.07 bits per heavy atom. The zero-order chi connectivity index (χ0) is 10.4. The van der Waals surface area contributed by atoms with Crippen LogP contribution in [0.3, 0.4) is 0 Å². The fourth-order valence-electron chi connectivity index (χ4n) is 1.06. The molecular weight excluding hydrogens is 200 g/mol. The van der Waals surface area contributed by atoms with Gasteiger partial charge < -0.3 is 15.8 Å². The van der Waals surface area contributed by atoms with E-state index in [0.717, 1.165) is 10.7 Å². The van der Waals surface area contributed by atoms with E-state index >= 15 is 0 Å². The van der Waals surface area contributed by atoms with Gasteiger partial charge in [-0.2, -0.15) is 0 Å². The standard InChI is InChI=1S/C10H15ClN2O/c1-14-10(6-12)7-13-9-4-2-8(11)3-5-9/h2-5,10,13H,6-7,12H2,1H3. The molecule has 1 unspecified atom stereocenters. The molecule has 0 aliphatic carbocycles. The molecular formula is C10H15ClN2O. The Labute approximate surface area is 89.2 Å². The van der Waals surface area contributed by atoms with Gasteiger partial charge in [0.05, 0.1) is 6.10 Å². The highest BCUT2D eigenvalue weighted by molar-refractivity contribution is 6.30. The average molecular weight is 215 g/mol. The van der Waals surface area contributed by atoms with Crippen LogP contribution in [0.15, 0.2) is 24.3 Å². The lowest BCUT2D eigenvalue weighted by Gasteiger charge is -2.14. The first-order valence-corrected chi connectivity index (χ1v) is 4.86. The maximum absolute atomic E-state index is 5.76. The molecule has 78 valence electrons. The van der Waals surface area contributed by atoms with Gasteiger partial charge >= 0.3 is 0 Å². The molecule has 0 amide bonds. The molecule has 0 saturated carbocycles. The van der Waals surface area contributed by atoms with Crippen LogP contribution in [0.2, 0.25) is 5.02 Å². The summed E-state index contributed by atoms with van der Waals surface area (Å²) >= 11 is 5.76. The van der Waals surface area contributed by atoms with Crippen LogP contribution in [0.5, 0.6) is 0 Å². The van der Waals surface area contributed by atoms with E-state index in [4.69, 9.17) is 22.1 Å². The predicted molar refractivity (Wildman–Crippen MR) is 59.8 cm³/mol. The van der Waals surface area contributed by atoms with Crippen molar-refractivity contribution in [3.05, 3.63) is 29.3 Å². The zero-order valence-corrected chi connectivity index (χ0v) is 8.92. The van der Waals surface area contributed by atoms with Gasteiger partial charge in [-0.1, -0.05) is 11.6 Å². The molecule has 3 N–H and O–H groups in total. The third-order valence-electron chi connectivity index (χ3n) is 1.97. The Kier molecular flexibility index (Phi) is 4.73. The molecule has 0 fully saturated rings. The molecule has 0 aromatic heterocycles. The van der Waals surface area contributed by atoms with Gasteiger partial charge in [0, 0.05) is 30.9 Å². The molecule has 0 radical (unpaired) electrons. The van der Waals surface area contributed by atoms with Crippen LogP contribution >= 0.6 is 11.6 Å². The lowest BCUT2D eigenvalue weighted by molar-refractivity contribution is 0.120. The van der Waals surface area contributed by atoms with E-state index in [1.807, 2.05) is 24.3 Å². The molecule has 1 rings (SSSR count). The number of halogens is 1. The van der Waals surface area contributed by atoms with Gasteiger partial charge in [0.25, 0.3) is 0 Å². The van der Waals surface area contributed by atoms with E-state index in [2.05, 4.69) is 5.32 Å². The molecule has 3 nitrogen and oxygen atoms in total. The Hall–Kier alpha value is -0.770. The molecule has 0 aliphatic rings. The van der Waals surface area contributed by atoms with E-state index in [1.165, 1.54) is 0 Å². The molecule has 1 atom stereocenters. The van der Waals surface area contributed by atoms with Crippen LogP contribution in [0.4, 0.5) is 5.69 Å². The molecule has 0 saturated heterocycles. The number of methoxy groups -OCH3 is 1. The fraction of sp³-hybridized carbons (Fsp3) is 0.400. The predicted octanol–water partition coefficient (Wildman–Crippen LogP) is 1.73. The number of hydrogen-bond acceptors (Lipinski definition) is 3. The number of benzene rings is 1. The van der Waals surface area contributed by atoms with Crippen molar-refractivity contribution < 1.29 is 4.74 Å². The second kappa shape index (κ2) is 5.86. The van der Waals surface area contributed by atoms with Crippen molar-refractivity contribution in [2.45, 2.75) is 6.10 Å². The van der Waals surface area contributed by atoms with E-state index in [1.54, 1.807) is 7.11 Å². The quantitative estimate of drug-likeness (QED) is 0.785. The van der Waals surface area contributed by atoms with Crippen LogP contribution in [-0.2, 0) is 4.74 Å². The summed E-state index contributed by atoms with van der Waals surface area (Å²) in [7, 11) is 1.65. The summed E-state index contributed by atoms with van der Waals surface area (Å²) < 4.78 is 5.13. The van der Waals surface area contributed by atoms with Gasteiger partial charge in [-0.15, -0.1) is 0 Å². The largest absolute Gasteiger partial charge is 0.382 e. The van der Waals surface area contributed by atoms with E-state index in [-0.39, 0.29) is 6.10 Å². The second-order valence-corrected chi connectivity index (χ2v) is 3.42. The summed E-state index contributed by atoms with van der Waals surface area (Å²) in [5, 5.41) is 3.94. The van der Waals surface area contributed by atoms with Crippen molar-refractivity contribution in [2.75, 3.05) is 25.5 Å². The first-order chi connectivity index (χ1) is 6.76. The van der Waals surface area contributed by atoms with Crippen molar-refractivity contribution in [2.24, 2.45) is 5.73 Å². The second-order valence-electron chi connectivity index (χ2n) is 2.98. The average Bonchev–Trinajstić information content (AvgIpc) is 2.22. The number of anilines is 1. The lowest BCUT2D eigenvalue weighted by atomic mass is 10.3. The summed E-state index contributed by atoms with van der Waals surface area (Å²) in [6.45, 7) is 1.21. The first kappa shape index (κ1) is 11.3. The molecule has 1 aromatic carbocycles. The maximum Gasteiger partial charge on any atom is 0.0865 e. The van der Waals surface area contributed by atoms with Crippen LogP contribution in [0.25, 0.3) is 0 Å². The lowest BCUT2D eigenvalue weighted by Crippen LogP contribution is -2.29. The minimum atomic E-state index is 0.0469. The van der Waals surface area contributed by atoms with Gasteiger partial charge in [0.2, 0.25) is 0 Å². The monoisotopic (exact) mass is 214 g/mol. The van der Waals surface area contributed by atoms with Gasteiger partial charge in [0.15, 0.2) is 0 Å². The summed E-state index contributed by atoms with van der Waals surface area (Å²) in [6.07, 6.45) is 0.0469. The highest BCUT2D eigenvalue weighted by Crippen LogP contribution is 2.13. The Morgan fingerprint density at radius 1 is 1.43 bits per heavy atom. The summed E-state index contributed by atoms with van der Waals surface area (Å²) in [4.78, 5) is 0. The third kappa shape index (κ3) is 3.54. The van der Waals surface area contributed by atoms with Crippen LogP contribution in [0.1, 0.15) is 0 Å². The number of ether oxygens (including phenoxy) is 1. The molecule has 0 bridgehead atoms. The third-order valence-corrected chi connectivity index (χ3v) is 2.23. The number of hydrogen-bond donors (Lipinski definition) is 2. The summed E-state index contributed by atoms with van der Waals surface area (Å²) in [6, 6.07) is 7.53. The van der Waals surface area contributed by atoms with Crippen molar-refractivity contribution in [1.82, 2.24) is 0 Å². The number of nitrogens with one attached hydrogen (secondary N) is 1. The first-order valence-electron chi connectivity index (χ1n) is 4.48. The van der Waals surface area contributed by atoms with Gasteiger partial charge in [-0.25, -0.2) is 0 Å². The van der Waals surface area contributed by atoms with Crippen molar-refractivity contribution in [3.8, 4) is 0 Å². The molecule has 4 heteroatoms. The molecule has 14 heavy (non-hydrogen) atoms. The van der Waals surface area contributed by atoms with E-state index in [0.29, 0.717) is 13.1 Å². The summed E-state index contributed by atoms with van der Waals surface area (Å²) in [5.41, 5.74) is 6.50. The van der Waals surface area contributed by atoms with Crippen LogP contribution < -0.4 is 11.1 Å².